The zero-order chi connectivity index (χ0) is 15.9. The molecule has 0 aromatic carbocycles. The summed E-state index contributed by atoms with van der Waals surface area (Å²) in [4.78, 5) is 20.8. The third-order valence-electron chi connectivity index (χ3n) is 3.86. The van der Waals surface area contributed by atoms with Gasteiger partial charge in [0.15, 0.2) is 0 Å². The van der Waals surface area contributed by atoms with Gasteiger partial charge in [0.25, 0.3) is 0 Å². The first-order valence-corrected chi connectivity index (χ1v) is 8.46. The molecule has 0 aromatic rings. The van der Waals surface area contributed by atoms with Gasteiger partial charge < -0.3 is 10.2 Å². The van der Waals surface area contributed by atoms with E-state index in [1.165, 1.54) is 38.5 Å². The molecule has 0 saturated carbocycles. The van der Waals surface area contributed by atoms with Crippen molar-refractivity contribution in [2.45, 2.75) is 90.4 Å². The Hall–Kier alpha value is -1.06. The summed E-state index contributed by atoms with van der Waals surface area (Å²) in [6.45, 7) is 2.01. The van der Waals surface area contributed by atoms with Crippen molar-refractivity contribution in [3.8, 4) is 0 Å². The second-order valence-corrected chi connectivity index (χ2v) is 6.17. The van der Waals surface area contributed by atoms with Gasteiger partial charge in [-0.3, -0.25) is 9.59 Å². The SMILES string of the molecule is CC(CCCCCCCCCCCCC(=O)O)CC(=O)O. The predicted octanol–water partition coefficient (Wildman–Crippen LogP) is 4.86. The molecule has 0 amide bonds. The van der Waals surface area contributed by atoms with Gasteiger partial charge in [0.2, 0.25) is 0 Å². The van der Waals surface area contributed by atoms with Crippen LogP contribution in [-0.2, 0) is 9.59 Å². The lowest BCUT2D eigenvalue weighted by molar-refractivity contribution is -0.138. The van der Waals surface area contributed by atoms with Crippen molar-refractivity contribution < 1.29 is 19.8 Å². The molecular weight excluding hydrogens is 268 g/mol. The van der Waals surface area contributed by atoms with Crippen molar-refractivity contribution in [3.05, 3.63) is 0 Å². The van der Waals surface area contributed by atoms with Crippen LogP contribution >= 0.6 is 0 Å². The Balaban J connectivity index is 3.12. The van der Waals surface area contributed by atoms with Crippen molar-refractivity contribution in [1.29, 1.82) is 0 Å². The number of hydrogen-bond donors (Lipinski definition) is 2. The Morgan fingerprint density at radius 1 is 0.714 bits per heavy atom. The van der Waals surface area contributed by atoms with E-state index in [9.17, 15) is 9.59 Å². The largest absolute Gasteiger partial charge is 0.481 e. The topological polar surface area (TPSA) is 74.6 Å². The number of carbonyl (C=O) groups is 2. The molecule has 21 heavy (non-hydrogen) atoms. The van der Waals surface area contributed by atoms with Crippen LogP contribution in [0, 0.1) is 5.92 Å². The van der Waals surface area contributed by atoms with E-state index in [4.69, 9.17) is 10.2 Å². The van der Waals surface area contributed by atoms with Gasteiger partial charge in [-0.25, -0.2) is 0 Å². The van der Waals surface area contributed by atoms with Crippen LogP contribution in [0.1, 0.15) is 90.4 Å². The quantitative estimate of drug-likeness (QED) is 0.423. The van der Waals surface area contributed by atoms with Crippen LogP contribution in [0.3, 0.4) is 0 Å². The lowest BCUT2D eigenvalue weighted by Gasteiger charge is -2.07. The molecule has 4 nitrogen and oxygen atoms in total. The Morgan fingerprint density at radius 3 is 1.57 bits per heavy atom. The molecule has 0 aliphatic rings. The minimum absolute atomic E-state index is 0.294. The van der Waals surface area contributed by atoms with E-state index >= 15 is 0 Å². The summed E-state index contributed by atoms with van der Waals surface area (Å²) in [5.41, 5.74) is 0. The first-order valence-electron chi connectivity index (χ1n) is 8.46. The van der Waals surface area contributed by atoms with Crippen molar-refractivity contribution in [1.82, 2.24) is 0 Å². The van der Waals surface area contributed by atoms with Gasteiger partial charge in [-0.1, -0.05) is 71.1 Å². The molecule has 1 unspecified atom stereocenters. The molecule has 0 aliphatic heterocycles. The molecular formula is C17H32O4. The summed E-state index contributed by atoms with van der Waals surface area (Å²) in [5.74, 6) is -1.08. The van der Waals surface area contributed by atoms with Gasteiger partial charge in [-0.15, -0.1) is 0 Å². The van der Waals surface area contributed by atoms with Crippen LogP contribution in [0.2, 0.25) is 0 Å². The Labute approximate surface area is 128 Å². The van der Waals surface area contributed by atoms with Gasteiger partial charge in [0.05, 0.1) is 0 Å². The van der Waals surface area contributed by atoms with Gasteiger partial charge in [0.1, 0.15) is 0 Å². The van der Waals surface area contributed by atoms with E-state index in [1.807, 2.05) is 6.92 Å². The van der Waals surface area contributed by atoms with Crippen LogP contribution in [0.5, 0.6) is 0 Å². The second-order valence-electron chi connectivity index (χ2n) is 6.17. The fraction of sp³-hybridized carbons (Fsp3) is 0.882. The molecule has 0 saturated heterocycles. The summed E-state index contributed by atoms with van der Waals surface area (Å²) in [6, 6.07) is 0. The normalized spacial score (nSPS) is 12.2. The van der Waals surface area contributed by atoms with Crippen molar-refractivity contribution in [2.75, 3.05) is 0 Å². The van der Waals surface area contributed by atoms with Crippen molar-refractivity contribution in [2.24, 2.45) is 5.92 Å². The molecule has 0 aliphatic carbocycles. The van der Waals surface area contributed by atoms with Crippen LogP contribution in [-0.4, -0.2) is 22.2 Å². The fourth-order valence-electron chi connectivity index (χ4n) is 2.58. The molecule has 0 fully saturated rings. The summed E-state index contributed by atoms with van der Waals surface area (Å²) < 4.78 is 0. The van der Waals surface area contributed by atoms with Gasteiger partial charge >= 0.3 is 11.9 Å². The van der Waals surface area contributed by atoms with E-state index in [0.717, 1.165) is 32.1 Å². The highest BCUT2D eigenvalue weighted by Crippen LogP contribution is 2.15. The first kappa shape index (κ1) is 19.9. The highest BCUT2D eigenvalue weighted by atomic mass is 16.4. The second kappa shape index (κ2) is 13.9. The van der Waals surface area contributed by atoms with E-state index < -0.39 is 11.9 Å². The highest BCUT2D eigenvalue weighted by Gasteiger charge is 2.06. The monoisotopic (exact) mass is 300 g/mol. The van der Waals surface area contributed by atoms with Gasteiger partial charge in [-0.05, 0) is 12.3 Å². The predicted molar refractivity (Wildman–Crippen MR) is 84.5 cm³/mol. The molecule has 0 bridgehead atoms. The van der Waals surface area contributed by atoms with Crippen molar-refractivity contribution in [3.63, 3.8) is 0 Å². The molecule has 0 radical (unpaired) electrons. The van der Waals surface area contributed by atoms with Crippen LogP contribution in [0.4, 0.5) is 0 Å². The number of aliphatic carboxylic acids is 2. The Morgan fingerprint density at radius 2 is 1.14 bits per heavy atom. The average molecular weight is 300 g/mol. The van der Waals surface area contributed by atoms with E-state index in [0.29, 0.717) is 18.8 Å². The summed E-state index contributed by atoms with van der Waals surface area (Å²) in [5, 5.41) is 17.2. The molecule has 0 spiro atoms. The Bertz CT molecular complexity index is 276. The fourth-order valence-corrected chi connectivity index (χ4v) is 2.58. The number of unbranched alkanes of at least 4 members (excludes halogenated alkanes) is 9. The standard InChI is InChI=1S/C17H32O4/c1-15(14-17(20)21)12-10-8-6-4-2-3-5-7-9-11-13-16(18)19/h15H,2-14H2,1H3,(H,18,19)(H,20,21). The summed E-state index contributed by atoms with van der Waals surface area (Å²) >= 11 is 0. The highest BCUT2D eigenvalue weighted by molar-refractivity contribution is 5.67. The maximum Gasteiger partial charge on any atom is 0.303 e. The zero-order valence-corrected chi connectivity index (χ0v) is 13.5. The van der Waals surface area contributed by atoms with Crippen LogP contribution < -0.4 is 0 Å². The Kier molecular flexibility index (Phi) is 13.2. The molecule has 0 aromatic heterocycles. The average Bonchev–Trinajstić information content (AvgIpc) is 2.38. The molecule has 0 heterocycles. The van der Waals surface area contributed by atoms with E-state index in [-0.39, 0.29) is 0 Å². The molecule has 2 N–H and O–H groups in total. The maximum absolute atomic E-state index is 10.5. The number of carboxylic acids is 2. The van der Waals surface area contributed by atoms with Gasteiger partial charge in [0, 0.05) is 12.8 Å². The molecule has 1 atom stereocenters. The first-order chi connectivity index (χ1) is 10.0. The third-order valence-corrected chi connectivity index (χ3v) is 3.86. The van der Waals surface area contributed by atoms with Crippen molar-refractivity contribution >= 4 is 11.9 Å². The minimum atomic E-state index is -0.689. The molecule has 4 heteroatoms. The van der Waals surface area contributed by atoms with E-state index in [2.05, 4.69) is 0 Å². The lowest BCUT2D eigenvalue weighted by atomic mass is 9.99. The van der Waals surface area contributed by atoms with Gasteiger partial charge in [-0.2, -0.15) is 0 Å². The summed E-state index contributed by atoms with van der Waals surface area (Å²) in [6.07, 6.45) is 13.2. The number of rotatable bonds is 15. The number of hydrogen-bond acceptors (Lipinski definition) is 2. The lowest BCUT2D eigenvalue weighted by Crippen LogP contribution is -2.03. The molecule has 124 valence electrons. The zero-order valence-electron chi connectivity index (χ0n) is 13.5. The summed E-state index contributed by atoms with van der Waals surface area (Å²) in [7, 11) is 0. The van der Waals surface area contributed by atoms with Crippen LogP contribution in [0.25, 0.3) is 0 Å². The van der Waals surface area contributed by atoms with Crippen LogP contribution in [0.15, 0.2) is 0 Å². The molecule has 0 rings (SSSR count). The third kappa shape index (κ3) is 16.9. The number of carboxylic acid groups (broad SMARTS) is 2. The smallest absolute Gasteiger partial charge is 0.303 e. The maximum atomic E-state index is 10.5. The van der Waals surface area contributed by atoms with E-state index in [1.54, 1.807) is 0 Å². The minimum Gasteiger partial charge on any atom is -0.481 e.